The molecule has 0 aliphatic rings. The summed E-state index contributed by atoms with van der Waals surface area (Å²) in [5.41, 5.74) is 0.612. The van der Waals surface area contributed by atoms with Gasteiger partial charge in [0.15, 0.2) is 5.13 Å². The minimum atomic E-state index is -3.54. The first-order valence-electron chi connectivity index (χ1n) is 8.09. The van der Waals surface area contributed by atoms with Crippen LogP contribution >= 0.6 is 34.3 Å². The van der Waals surface area contributed by atoms with Crippen LogP contribution in [0, 0.1) is 0 Å². The van der Waals surface area contributed by atoms with Crippen molar-refractivity contribution < 1.29 is 13.2 Å². The van der Waals surface area contributed by atoms with Gasteiger partial charge in [0.1, 0.15) is 4.88 Å². The van der Waals surface area contributed by atoms with Gasteiger partial charge in [-0.2, -0.15) is 0 Å². The second-order valence-electron chi connectivity index (χ2n) is 6.13. The minimum absolute atomic E-state index is 0.180. The van der Waals surface area contributed by atoms with Crippen LogP contribution in [-0.2, 0) is 10.0 Å². The lowest BCUT2D eigenvalue weighted by Crippen LogP contribution is -2.22. The molecule has 2 heterocycles. The summed E-state index contributed by atoms with van der Waals surface area (Å²) < 4.78 is 27.3. The molecule has 4 aromatic rings. The van der Waals surface area contributed by atoms with Crippen molar-refractivity contribution in [3.8, 4) is 0 Å². The number of aromatic nitrogens is 1. The molecule has 0 aliphatic carbocycles. The highest BCUT2D eigenvalue weighted by atomic mass is 35.5. The van der Waals surface area contributed by atoms with Crippen LogP contribution in [0.15, 0.2) is 47.4 Å². The van der Waals surface area contributed by atoms with Gasteiger partial charge >= 0.3 is 0 Å². The van der Waals surface area contributed by atoms with Crippen LogP contribution in [0.1, 0.15) is 9.67 Å². The normalized spacial score (nSPS) is 12.1. The lowest BCUT2D eigenvalue weighted by atomic mass is 10.2. The van der Waals surface area contributed by atoms with Gasteiger partial charge in [0.05, 0.1) is 20.1 Å². The largest absolute Gasteiger partial charge is 0.297 e. The molecule has 2 aromatic carbocycles. The molecule has 0 radical (unpaired) electrons. The number of nitrogens with zero attached hydrogens (tertiary/aromatic N) is 2. The summed E-state index contributed by atoms with van der Waals surface area (Å²) in [6, 6.07) is 12.2. The predicted molar refractivity (Wildman–Crippen MR) is 115 cm³/mol. The Hall–Kier alpha value is -2.04. The average molecular weight is 452 g/mol. The molecule has 0 saturated carbocycles. The molecular weight excluding hydrogens is 438 g/mol. The summed E-state index contributed by atoms with van der Waals surface area (Å²) >= 11 is 8.88. The number of rotatable bonds is 4. The fraction of sp³-hybridized carbons (Fsp3) is 0.111. The van der Waals surface area contributed by atoms with E-state index in [1.54, 1.807) is 12.1 Å². The van der Waals surface area contributed by atoms with E-state index < -0.39 is 10.0 Å². The van der Waals surface area contributed by atoms with E-state index >= 15 is 0 Å². The van der Waals surface area contributed by atoms with Crippen molar-refractivity contribution in [2.75, 3.05) is 19.4 Å². The van der Waals surface area contributed by atoms with E-state index in [4.69, 9.17) is 11.6 Å². The number of anilines is 1. The summed E-state index contributed by atoms with van der Waals surface area (Å²) in [7, 11) is -0.579. The van der Waals surface area contributed by atoms with Crippen molar-refractivity contribution in [2.45, 2.75) is 4.90 Å². The number of fused-ring (bicyclic) bond motifs is 2. The number of thiophene rings is 1. The Kier molecular flexibility index (Phi) is 4.88. The number of nitrogens with one attached hydrogen (secondary N) is 1. The van der Waals surface area contributed by atoms with Crippen molar-refractivity contribution in [3.63, 3.8) is 0 Å². The molecule has 0 bridgehead atoms. The number of halogens is 1. The van der Waals surface area contributed by atoms with Gasteiger partial charge in [-0.1, -0.05) is 41.1 Å². The third kappa shape index (κ3) is 3.29. The second-order valence-corrected chi connectivity index (χ2v) is 10.7. The van der Waals surface area contributed by atoms with Gasteiger partial charge in [0.25, 0.3) is 5.91 Å². The van der Waals surface area contributed by atoms with E-state index in [0.717, 1.165) is 14.4 Å². The van der Waals surface area contributed by atoms with Crippen molar-refractivity contribution in [1.29, 1.82) is 0 Å². The van der Waals surface area contributed by atoms with Crippen molar-refractivity contribution in [3.05, 3.63) is 52.4 Å². The zero-order chi connectivity index (χ0) is 20.1. The number of sulfonamides is 1. The standard InChI is InChI=1S/C18H14ClN3O3S3/c1-22(2)28(24,25)10-7-8-12-14(9-10)27-18(20-12)21-17(23)16-15(19)11-5-3-4-6-13(11)26-16/h3-9H,1-2H3,(H,20,21,23). The molecule has 10 heteroatoms. The van der Waals surface area contributed by atoms with Gasteiger partial charge in [-0.25, -0.2) is 17.7 Å². The SMILES string of the molecule is CN(C)S(=O)(=O)c1ccc2nc(NC(=O)c3sc4ccccc4c3Cl)sc2c1. The molecule has 0 aliphatic heterocycles. The van der Waals surface area contributed by atoms with Gasteiger partial charge in [-0.3, -0.25) is 10.1 Å². The molecule has 1 N–H and O–H groups in total. The summed E-state index contributed by atoms with van der Waals surface area (Å²) in [6.07, 6.45) is 0. The van der Waals surface area contributed by atoms with E-state index in [2.05, 4.69) is 10.3 Å². The first-order chi connectivity index (χ1) is 13.3. The monoisotopic (exact) mass is 451 g/mol. The Morgan fingerprint density at radius 3 is 2.57 bits per heavy atom. The van der Waals surface area contributed by atoms with Crippen LogP contribution < -0.4 is 5.32 Å². The van der Waals surface area contributed by atoms with Crippen LogP contribution in [0.5, 0.6) is 0 Å². The second kappa shape index (κ2) is 7.09. The number of hydrogen-bond donors (Lipinski definition) is 1. The highest BCUT2D eigenvalue weighted by Crippen LogP contribution is 2.36. The van der Waals surface area contributed by atoms with Crippen LogP contribution in [-0.4, -0.2) is 37.7 Å². The van der Waals surface area contributed by atoms with Crippen molar-refractivity contribution in [1.82, 2.24) is 9.29 Å². The third-order valence-electron chi connectivity index (χ3n) is 4.10. The van der Waals surface area contributed by atoms with E-state index in [9.17, 15) is 13.2 Å². The van der Waals surface area contributed by atoms with Crippen molar-refractivity contribution >= 4 is 75.6 Å². The minimum Gasteiger partial charge on any atom is -0.297 e. The number of carbonyl (C=O) groups excluding carboxylic acids is 1. The molecule has 1 amide bonds. The Morgan fingerprint density at radius 2 is 1.86 bits per heavy atom. The van der Waals surface area contributed by atoms with E-state index in [-0.39, 0.29) is 10.8 Å². The molecule has 4 rings (SSSR count). The smallest absolute Gasteiger partial charge is 0.269 e. The fourth-order valence-electron chi connectivity index (χ4n) is 2.64. The zero-order valence-corrected chi connectivity index (χ0v) is 18.0. The maximum absolute atomic E-state index is 12.7. The molecule has 0 unspecified atom stereocenters. The molecule has 144 valence electrons. The van der Waals surface area contributed by atoms with Crippen LogP contribution in [0.4, 0.5) is 5.13 Å². The summed E-state index contributed by atoms with van der Waals surface area (Å²) in [6.45, 7) is 0. The number of carbonyl (C=O) groups is 1. The number of thiazole rings is 1. The lowest BCUT2D eigenvalue weighted by molar-refractivity contribution is 0.103. The Morgan fingerprint density at radius 1 is 1.11 bits per heavy atom. The number of hydrogen-bond acceptors (Lipinski definition) is 6. The molecule has 0 spiro atoms. The Labute approximate surface area is 174 Å². The van der Waals surface area contributed by atoms with Gasteiger partial charge in [-0.15, -0.1) is 11.3 Å². The summed E-state index contributed by atoms with van der Waals surface area (Å²) in [5.74, 6) is -0.341. The molecule has 2 aromatic heterocycles. The summed E-state index contributed by atoms with van der Waals surface area (Å²) in [4.78, 5) is 17.6. The van der Waals surface area contributed by atoms with Crippen LogP contribution in [0.3, 0.4) is 0 Å². The van der Waals surface area contributed by atoms with Gasteiger partial charge in [0.2, 0.25) is 10.0 Å². The van der Waals surface area contributed by atoms with Gasteiger partial charge in [0, 0.05) is 24.2 Å². The van der Waals surface area contributed by atoms with Crippen LogP contribution in [0.25, 0.3) is 20.3 Å². The zero-order valence-electron chi connectivity index (χ0n) is 14.8. The van der Waals surface area contributed by atoms with Gasteiger partial charge < -0.3 is 0 Å². The fourth-order valence-corrected chi connectivity index (χ4v) is 5.96. The molecule has 0 fully saturated rings. The topological polar surface area (TPSA) is 79.4 Å². The lowest BCUT2D eigenvalue weighted by Gasteiger charge is -2.10. The van der Waals surface area contributed by atoms with E-state index in [1.165, 1.54) is 42.8 Å². The molecule has 28 heavy (non-hydrogen) atoms. The first kappa shape index (κ1) is 19.3. The molecular formula is C18H14ClN3O3S3. The van der Waals surface area contributed by atoms with E-state index in [0.29, 0.717) is 25.2 Å². The Bertz CT molecular complexity index is 1330. The van der Waals surface area contributed by atoms with Gasteiger partial charge in [-0.05, 0) is 24.3 Å². The molecule has 0 saturated heterocycles. The number of amides is 1. The maximum atomic E-state index is 12.7. The average Bonchev–Trinajstić information content (AvgIpc) is 3.21. The van der Waals surface area contributed by atoms with Crippen LogP contribution in [0.2, 0.25) is 5.02 Å². The van der Waals surface area contributed by atoms with Crippen molar-refractivity contribution in [2.24, 2.45) is 0 Å². The van der Waals surface area contributed by atoms with E-state index in [1.807, 2.05) is 24.3 Å². The first-order valence-corrected chi connectivity index (χ1v) is 11.5. The highest BCUT2D eigenvalue weighted by Gasteiger charge is 2.20. The summed E-state index contributed by atoms with van der Waals surface area (Å²) in [5, 5.41) is 4.40. The highest BCUT2D eigenvalue weighted by molar-refractivity contribution is 7.89. The quantitative estimate of drug-likeness (QED) is 0.489. The predicted octanol–water partition coefficient (Wildman–Crippen LogP) is 4.67. The molecule has 0 atom stereocenters. The maximum Gasteiger partial charge on any atom is 0.269 e. The third-order valence-corrected chi connectivity index (χ3v) is 8.52. The molecule has 6 nitrogen and oxygen atoms in total. The number of benzene rings is 2. The Balaban J connectivity index is 1.66.